The highest BCUT2D eigenvalue weighted by Crippen LogP contribution is 2.38. The minimum absolute atomic E-state index is 0.181. The smallest absolute Gasteiger partial charge is 0.336 e. The number of hydrogen-bond acceptors (Lipinski definition) is 6. The van der Waals surface area contributed by atoms with Crippen LogP contribution in [0.2, 0.25) is 0 Å². The lowest BCUT2D eigenvalue weighted by atomic mass is 9.79. The van der Waals surface area contributed by atoms with Gasteiger partial charge in [-0.15, -0.1) is 0 Å². The van der Waals surface area contributed by atoms with Gasteiger partial charge in [-0.3, -0.25) is 9.55 Å². The topological polar surface area (TPSA) is 106 Å². The lowest BCUT2D eigenvalue weighted by molar-refractivity contribution is -0.139. The molecule has 1 unspecified atom stereocenters. The van der Waals surface area contributed by atoms with Crippen LogP contribution in [-0.4, -0.2) is 38.2 Å². The predicted molar refractivity (Wildman–Crippen MR) is 134 cm³/mol. The van der Waals surface area contributed by atoms with E-state index >= 15 is 0 Å². The molecule has 182 valence electrons. The number of nitrogens with zero attached hydrogens (tertiary/aromatic N) is 3. The summed E-state index contributed by atoms with van der Waals surface area (Å²) in [7, 11) is 0. The van der Waals surface area contributed by atoms with Crippen molar-refractivity contribution in [2.75, 3.05) is 6.61 Å². The summed E-state index contributed by atoms with van der Waals surface area (Å²) in [5.74, 6) is -1.09. The van der Waals surface area contributed by atoms with Gasteiger partial charge in [-0.05, 0) is 56.9 Å². The number of hydrogen-bond donors (Lipinski definition) is 2. The average molecular weight is 475 g/mol. The highest BCUT2D eigenvalue weighted by atomic mass is 16.5. The van der Waals surface area contributed by atoms with Crippen LogP contribution in [0, 0.1) is 18.8 Å². The van der Waals surface area contributed by atoms with Crippen LogP contribution in [0.5, 0.6) is 0 Å². The van der Waals surface area contributed by atoms with E-state index in [2.05, 4.69) is 15.3 Å². The van der Waals surface area contributed by atoms with Crippen molar-refractivity contribution in [2.24, 2.45) is 11.8 Å². The summed E-state index contributed by atoms with van der Waals surface area (Å²) in [4.78, 5) is 34.0. The van der Waals surface area contributed by atoms with Crippen LogP contribution in [0.15, 0.2) is 59.6 Å². The Morgan fingerprint density at radius 2 is 1.86 bits per heavy atom. The van der Waals surface area contributed by atoms with Gasteiger partial charge in [0.05, 0.1) is 35.2 Å². The molecule has 0 bridgehead atoms. The molecule has 1 aromatic carbocycles. The van der Waals surface area contributed by atoms with E-state index in [1.54, 1.807) is 26.2 Å². The molecule has 3 aromatic rings. The number of aliphatic carboxylic acids is 1. The molecule has 0 radical (unpaired) electrons. The predicted octanol–water partition coefficient (Wildman–Crippen LogP) is 4.63. The number of benzene rings is 1. The average Bonchev–Trinajstić information content (AvgIpc) is 3.14. The largest absolute Gasteiger partial charge is 0.478 e. The zero-order chi connectivity index (χ0) is 25.3. The van der Waals surface area contributed by atoms with Crippen LogP contribution in [0.4, 0.5) is 0 Å². The van der Waals surface area contributed by atoms with Crippen LogP contribution in [0.3, 0.4) is 0 Å². The lowest BCUT2D eigenvalue weighted by Crippen LogP contribution is -2.33. The summed E-state index contributed by atoms with van der Waals surface area (Å²) in [6, 6.07) is 9.70. The lowest BCUT2D eigenvalue weighted by Gasteiger charge is -2.31. The Hall–Kier alpha value is -3.94. The number of carboxylic acids is 1. The number of rotatable bonds is 7. The minimum atomic E-state index is -1.03. The SMILES string of the molecule is CCOC(=O)C1=C(c2ccc(-n3c(C)nc4cnccc43)cc2)NC(C)=C(C(=O)O)C1CC(C)C. The van der Waals surface area contributed by atoms with Gasteiger partial charge >= 0.3 is 11.9 Å². The molecule has 0 amide bonds. The Bertz CT molecular complexity index is 1350. The zero-order valence-corrected chi connectivity index (χ0v) is 20.6. The number of aryl methyl sites for hydroxylation is 1. The number of carboxylic acid groups (broad SMARTS) is 1. The van der Waals surface area contributed by atoms with Crippen molar-refractivity contribution < 1.29 is 19.4 Å². The standard InChI is InChI=1S/C27H30N4O4/c1-6-35-27(34)24-20(13-15(2)3)23(26(32)33)16(4)29-25(24)18-7-9-19(10-8-18)31-17(5)30-21-14-28-12-11-22(21)31/h7-12,14-15,20,29H,6,13H2,1-5H3,(H,32,33). The number of aromatic nitrogens is 3. The van der Waals surface area contributed by atoms with E-state index in [0.29, 0.717) is 23.4 Å². The molecule has 4 rings (SSSR count). The molecule has 1 aliphatic rings. The van der Waals surface area contributed by atoms with Gasteiger partial charge in [-0.2, -0.15) is 0 Å². The van der Waals surface area contributed by atoms with E-state index in [0.717, 1.165) is 28.1 Å². The van der Waals surface area contributed by atoms with Gasteiger partial charge in [-0.1, -0.05) is 26.0 Å². The summed E-state index contributed by atoms with van der Waals surface area (Å²) >= 11 is 0. The number of ether oxygens (including phenoxy) is 1. The van der Waals surface area contributed by atoms with Gasteiger partial charge in [0.2, 0.25) is 0 Å². The van der Waals surface area contributed by atoms with E-state index in [4.69, 9.17) is 4.74 Å². The molecule has 2 N–H and O–H groups in total. The molecule has 0 saturated carbocycles. The molecular weight excluding hydrogens is 444 g/mol. The second-order valence-corrected chi connectivity index (χ2v) is 9.07. The maximum absolute atomic E-state index is 13.1. The first-order valence-corrected chi connectivity index (χ1v) is 11.7. The fourth-order valence-corrected chi connectivity index (χ4v) is 4.76. The number of imidazole rings is 1. The van der Waals surface area contributed by atoms with Gasteiger partial charge in [0, 0.05) is 23.5 Å². The first-order chi connectivity index (χ1) is 16.7. The number of pyridine rings is 1. The number of allylic oxidation sites excluding steroid dienone is 1. The van der Waals surface area contributed by atoms with Gasteiger partial charge in [0.1, 0.15) is 11.3 Å². The van der Waals surface area contributed by atoms with Gasteiger partial charge in [0.25, 0.3) is 0 Å². The molecule has 0 spiro atoms. The first-order valence-electron chi connectivity index (χ1n) is 11.7. The number of esters is 1. The second kappa shape index (κ2) is 9.74. The third kappa shape index (κ3) is 4.56. The molecule has 1 atom stereocenters. The third-order valence-corrected chi connectivity index (χ3v) is 6.15. The van der Waals surface area contributed by atoms with Crippen LogP contribution in [-0.2, 0) is 14.3 Å². The Kier molecular flexibility index (Phi) is 6.73. The molecule has 8 nitrogen and oxygen atoms in total. The summed E-state index contributed by atoms with van der Waals surface area (Å²) in [5, 5.41) is 13.1. The van der Waals surface area contributed by atoms with Crippen molar-refractivity contribution in [3.8, 4) is 5.69 Å². The van der Waals surface area contributed by atoms with Crippen molar-refractivity contribution in [2.45, 2.75) is 41.0 Å². The molecule has 0 saturated heterocycles. The molecule has 2 aromatic heterocycles. The van der Waals surface area contributed by atoms with Crippen LogP contribution >= 0.6 is 0 Å². The van der Waals surface area contributed by atoms with E-state index in [-0.39, 0.29) is 18.1 Å². The van der Waals surface area contributed by atoms with Crippen molar-refractivity contribution in [3.05, 3.63) is 71.0 Å². The van der Waals surface area contributed by atoms with Crippen LogP contribution in [0.25, 0.3) is 22.4 Å². The van der Waals surface area contributed by atoms with Crippen molar-refractivity contribution in [3.63, 3.8) is 0 Å². The highest BCUT2D eigenvalue weighted by Gasteiger charge is 2.37. The number of dihydropyridines is 1. The van der Waals surface area contributed by atoms with E-state index < -0.39 is 17.9 Å². The Balaban J connectivity index is 1.83. The zero-order valence-electron chi connectivity index (χ0n) is 20.6. The van der Waals surface area contributed by atoms with E-state index in [1.165, 1.54) is 0 Å². The van der Waals surface area contributed by atoms with Gasteiger partial charge in [-0.25, -0.2) is 14.6 Å². The van der Waals surface area contributed by atoms with Crippen LogP contribution < -0.4 is 5.32 Å². The fraction of sp³-hybridized carbons (Fsp3) is 0.333. The van der Waals surface area contributed by atoms with Gasteiger partial charge in [0.15, 0.2) is 0 Å². The Morgan fingerprint density at radius 1 is 1.14 bits per heavy atom. The molecular formula is C27H30N4O4. The van der Waals surface area contributed by atoms with Crippen molar-refractivity contribution >= 4 is 28.7 Å². The monoisotopic (exact) mass is 474 g/mol. The van der Waals surface area contributed by atoms with Gasteiger partial charge < -0.3 is 15.2 Å². The molecule has 1 aliphatic heterocycles. The number of fused-ring (bicyclic) bond motifs is 1. The van der Waals surface area contributed by atoms with Crippen molar-refractivity contribution in [1.82, 2.24) is 19.9 Å². The molecule has 0 aliphatic carbocycles. The third-order valence-electron chi connectivity index (χ3n) is 6.15. The molecule has 8 heteroatoms. The Morgan fingerprint density at radius 3 is 2.49 bits per heavy atom. The molecule has 35 heavy (non-hydrogen) atoms. The number of carbonyl (C=O) groups is 2. The summed E-state index contributed by atoms with van der Waals surface area (Å²) in [6.07, 6.45) is 3.99. The van der Waals surface area contributed by atoms with E-state index in [1.807, 2.05) is 55.7 Å². The quantitative estimate of drug-likeness (QED) is 0.481. The number of carbonyl (C=O) groups excluding carboxylic acids is 1. The summed E-state index contributed by atoms with van der Waals surface area (Å²) in [5.41, 5.74) is 5.13. The highest BCUT2D eigenvalue weighted by molar-refractivity contribution is 6.03. The van der Waals surface area contributed by atoms with E-state index in [9.17, 15) is 14.7 Å². The maximum Gasteiger partial charge on any atom is 0.336 e. The Labute approximate surface area is 204 Å². The normalized spacial score (nSPS) is 16.1. The first kappa shape index (κ1) is 24.2. The summed E-state index contributed by atoms with van der Waals surface area (Å²) < 4.78 is 7.43. The van der Waals surface area contributed by atoms with Crippen LogP contribution in [0.1, 0.15) is 45.5 Å². The maximum atomic E-state index is 13.1. The van der Waals surface area contributed by atoms with Crippen molar-refractivity contribution in [1.29, 1.82) is 0 Å². The summed E-state index contributed by atoms with van der Waals surface area (Å²) in [6.45, 7) is 9.66. The fourth-order valence-electron chi connectivity index (χ4n) is 4.76. The molecule has 3 heterocycles. The minimum Gasteiger partial charge on any atom is -0.478 e. The number of nitrogens with one attached hydrogen (secondary N) is 1. The molecule has 0 fully saturated rings. The second-order valence-electron chi connectivity index (χ2n) is 9.07.